The molecule has 0 amide bonds. The molecule has 0 saturated carbocycles. The number of hydrogen-bond donors (Lipinski definition) is 1. The lowest BCUT2D eigenvalue weighted by molar-refractivity contribution is 0.647. The highest BCUT2D eigenvalue weighted by Crippen LogP contribution is 2.33. The van der Waals surface area contributed by atoms with E-state index in [9.17, 15) is 0 Å². The topological polar surface area (TPSA) is 29.3 Å². The Hall–Kier alpha value is -0.190. The van der Waals surface area contributed by atoms with E-state index in [1.54, 1.807) is 0 Å². The molecule has 0 spiro atoms. The third-order valence-corrected chi connectivity index (χ3v) is 4.72. The van der Waals surface area contributed by atoms with E-state index in [4.69, 9.17) is 5.73 Å². The van der Waals surface area contributed by atoms with Crippen molar-refractivity contribution < 1.29 is 0 Å². The van der Waals surface area contributed by atoms with Gasteiger partial charge in [-0.05, 0) is 37.6 Å². The van der Waals surface area contributed by atoms with Gasteiger partial charge >= 0.3 is 0 Å². The van der Waals surface area contributed by atoms with Crippen LogP contribution in [-0.4, -0.2) is 23.6 Å². The average Bonchev–Trinajstić information content (AvgIpc) is 2.27. The predicted molar refractivity (Wildman–Crippen MR) is 80.8 cm³/mol. The van der Waals surface area contributed by atoms with E-state index in [0.717, 1.165) is 17.6 Å². The lowest BCUT2D eigenvalue weighted by Crippen LogP contribution is -2.43. The molecule has 1 fully saturated rings. The van der Waals surface area contributed by atoms with Crippen LogP contribution in [0.4, 0.5) is 5.69 Å². The minimum atomic E-state index is 0.337. The molecule has 1 saturated heterocycles. The smallest absolute Gasteiger partial charge is 0.0381 e. The highest BCUT2D eigenvalue weighted by Gasteiger charge is 2.27. The molecule has 0 radical (unpaired) electrons. The second kappa shape index (κ2) is 5.21. The Bertz CT molecular complexity index is 406. The van der Waals surface area contributed by atoms with Crippen molar-refractivity contribution in [2.24, 2.45) is 5.73 Å². The monoisotopic (exact) mass is 314 g/mol. The molecule has 2 N–H and O–H groups in total. The fraction of sp³-hybridized carbons (Fsp3) is 0.538. The zero-order valence-electron chi connectivity index (χ0n) is 10.4. The second-order valence-electron chi connectivity index (χ2n) is 5.05. The largest absolute Gasteiger partial charge is 0.369 e. The fourth-order valence-electron chi connectivity index (χ4n) is 2.17. The van der Waals surface area contributed by atoms with Crippen LogP contribution in [0.2, 0.25) is 0 Å². The Morgan fingerprint density at radius 3 is 2.82 bits per heavy atom. The summed E-state index contributed by atoms with van der Waals surface area (Å²) in [5.41, 5.74) is 8.20. The van der Waals surface area contributed by atoms with Gasteiger partial charge in [0.1, 0.15) is 0 Å². The molecule has 1 aromatic carbocycles. The van der Waals surface area contributed by atoms with Crippen LogP contribution >= 0.6 is 27.7 Å². The number of thioether (sulfide) groups is 1. The Labute approximate surface area is 116 Å². The van der Waals surface area contributed by atoms with Crippen molar-refractivity contribution in [3.8, 4) is 0 Å². The summed E-state index contributed by atoms with van der Waals surface area (Å²) in [6, 6.07) is 6.48. The minimum absolute atomic E-state index is 0.337. The maximum absolute atomic E-state index is 5.73. The van der Waals surface area contributed by atoms with Gasteiger partial charge in [0.05, 0.1) is 0 Å². The van der Waals surface area contributed by atoms with Gasteiger partial charge in [0.2, 0.25) is 0 Å². The van der Waals surface area contributed by atoms with E-state index < -0.39 is 0 Å². The van der Waals surface area contributed by atoms with Gasteiger partial charge in [0.15, 0.2) is 0 Å². The van der Waals surface area contributed by atoms with Crippen molar-refractivity contribution in [1.82, 2.24) is 0 Å². The highest BCUT2D eigenvalue weighted by molar-refractivity contribution is 9.10. The summed E-state index contributed by atoms with van der Waals surface area (Å²) in [6.07, 6.45) is 0. The molecule has 1 aliphatic rings. The first-order valence-electron chi connectivity index (χ1n) is 5.89. The van der Waals surface area contributed by atoms with Crippen molar-refractivity contribution >= 4 is 33.4 Å². The standard InChI is InChI=1S/C13H19BrN2S/c1-13(2)9-16(3-4-17-13)12-6-10(8-15)5-11(14)7-12/h5-7H,3-4,8-9,15H2,1-2H3. The molecule has 4 heteroatoms. The molecular weight excluding hydrogens is 296 g/mol. The SMILES string of the molecule is CC1(C)CN(c2cc(Br)cc(CN)c2)CCS1. The van der Waals surface area contributed by atoms with Crippen LogP contribution in [0.3, 0.4) is 0 Å². The number of hydrogen-bond acceptors (Lipinski definition) is 3. The summed E-state index contributed by atoms with van der Waals surface area (Å²) in [5.74, 6) is 1.19. The van der Waals surface area contributed by atoms with Crippen molar-refractivity contribution in [1.29, 1.82) is 0 Å². The van der Waals surface area contributed by atoms with Crippen molar-refractivity contribution in [2.45, 2.75) is 25.1 Å². The first-order valence-corrected chi connectivity index (χ1v) is 7.66. The summed E-state index contributed by atoms with van der Waals surface area (Å²) >= 11 is 5.62. The van der Waals surface area contributed by atoms with Gasteiger partial charge < -0.3 is 10.6 Å². The quantitative estimate of drug-likeness (QED) is 0.908. The minimum Gasteiger partial charge on any atom is -0.369 e. The van der Waals surface area contributed by atoms with E-state index in [0.29, 0.717) is 11.3 Å². The molecule has 2 nitrogen and oxygen atoms in total. The van der Waals surface area contributed by atoms with Crippen LogP contribution in [0.25, 0.3) is 0 Å². The molecule has 0 aromatic heterocycles. The van der Waals surface area contributed by atoms with Crippen LogP contribution < -0.4 is 10.6 Å². The molecule has 0 aliphatic carbocycles. The van der Waals surface area contributed by atoms with Gasteiger partial charge in [-0.3, -0.25) is 0 Å². The maximum Gasteiger partial charge on any atom is 0.0381 e. The molecule has 1 aliphatic heterocycles. The van der Waals surface area contributed by atoms with Crippen LogP contribution in [0.15, 0.2) is 22.7 Å². The number of rotatable bonds is 2. The van der Waals surface area contributed by atoms with Crippen molar-refractivity contribution in [2.75, 3.05) is 23.7 Å². The first kappa shape index (κ1) is 13.2. The predicted octanol–water partition coefficient (Wildman–Crippen LogP) is 3.24. The number of benzene rings is 1. The number of halogens is 1. The van der Waals surface area contributed by atoms with E-state index in [1.165, 1.54) is 17.0 Å². The summed E-state index contributed by atoms with van der Waals surface area (Å²) in [7, 11) is 0. The van der Waals surface area contributed by atoms with Gasteiger partial charge in [-0.1, -0.05) is 15.9 Å². The number of anilines is 1. The molecule has 0 bridgehead atoms. The molecule has 17 heavy (non-hydrogen) atoms. The second-order valence-corrected chi connectivity index (χ2v) is 7.77. The molecule has 1 heterocycles. The Kier molecular flexibility index (Phi) is 4.06. The zero-order valence-corrected chi connectivity index (χ0v) is 12.8. The Morgan fingerprint density at radius 1 is 1.41 bits per heavy atom. The summed E-state index contributed by atoms with van der Waals surface area (Å²) in [6.45, 7) is 7.43. The van der Waals surface area contributed by atoms with Crippen molar-refractivity contribution in [3.63, 3.8) is 0 Å². The highest BCUT2D eigenvalue weighted by atomic mass is 79.9. The van der Waals surface area contributed by atoms with E-state index in [-0.39, 0.29) is 0 Å². The lowest BCUT2D eigenvalue weighted by atomic mass is 10.1. The average molecular weight is 315 g/mol. The maximum atomic E-state index is 5.73. The van der Waals surface area contributed by atoms with E-state index in [2.05, 4.69) is 64.6 Å². The molecular formula is C13H19BrN2S. The third-order valence-electron chi connectivity index (χ3n) is 2.97. The first-order chi connectivity index (χ1) is 8.00. The fourth-order valence-corrected chi connectivity index (χ4v) is 3.81. The number of nitrogens with two attached hydrogens (primary N) is 1. The zero-order chi connectivity index (χ0) is 12.5. The van der Waals surface area contributed by atoms with Gasteiger partial charge in [-0.2, -0.15) is 11.8 Å². The van der Waals surface area contributed by atoms with E-state index in [1.807, 2.05) is 0 Å². The van der Waals surface area contributed by atoms with Gasteiger partial charge in [0, 0.05) is 40.3 Å². The van der Waals surface area contributed by atoms with Crippen molar-refractivity contribution in [3.05, 3.63) is 28.2 Å². The van der Waals surface area contributed by atoms with E-state index >= 15 is 0 Å². The van der Waals surface area contributed by atoms with Crippen LogP contribution in [-0.2, 0) is 6.54 Å². The van der Waals surface area contributed by atoms with Gasteiger partial charge in [-0.25, -0.2) is 0 Å². The number of nitrogens with zero attached hydrogens (tertiary/aromatic N) is 1. The normalized spacial score (nSPS) is 19.4. The van der Waals surface area contributed by atoms with Crippen LogP contribution in [0, 0.1) is 0 Å². The van der Waals surface area contributed by atoms with Crippen LogP contribution in [0.5, 0.6) is 0 Å². The van der Waals surface area contributed by atoms with Gasteiger partial charge in [-0.15, -0.1) is 0 Å². The Balaban J connectivity index is 2.24. The summed E-state index contributed by atoms with van der Waals surface area (Å²) < 4.78 is 1.45. The molecule has 1 aromatic rings. The molecule has 0 atom stereocenters. The summed E-state index contributed by atoms with van der Waals surface area (Å²) in [5, 5.41) is 0. The summed E-state index contributed by atoms with van der Waals surface area (Å²) in [4.78, 5) is 2.46. The molecule has 0 unspecified atom stereocenters. The van der Waals surface area contributed by atoms with Crippen LogP contribution in [0.1, 0.15) is 19.4 Å². The Morgan fingerprint density at radius 2 is 2.18 bits per heavy atom. The lowest BCUT2D eigenvalue weighted by Gasteiger charge is -2.39. The molecule has 2 rings (SSSR count). The molecule has 94 valence electrons. The van der Waals surface area contributed by atoms with Gasteiger partial charge in [0.25, 0.3) is 0 Å². The third kappa shape index (κ3) is 3.39.